The Balaban J connectivity index is 1.46. The fourth-order valence-electron chi connectivity index (χ4n) is 3.27. The number of halogens is 1. The Bertz CT molecular complexity index is 1230. The third-order valence-corrected chi connectivity index (χ3v) is 5.61. The molecule has 1 atom stereocenters. The van der Waals surface area contributed by atoms with Gasteiger partial charge in [0.1, 0.15) is 11.6 Å². The van der Waals surface area contributed by atoms with Gasteiger partial charge in [-0.05, 0) is 35.6 Å². The summed E-state index contributed by atoms with van der Waals surface area (Å²) in [7, 11) is 0. The number of aromatic nitrogens is 4. The molecule has 0 spiro atoms. The first-order valence-corrected chi connectivity index (χ1v) is 10.4. The summed E-state index contributed by atoms with van der Waals surface area (Å²) in [4.78, 5) is 26.1. The van der Waals surface area contributed by atoms with Gasteiger partial charge in [-0.3, -0.25) is 18.6 Å². The zero-order chi connectivity index (χ0) is 21.1. The van der Waals surface area contributed by atoms with Gasteiger partial charge in [0.25, 0.3) is 0 Å². The Morgan fingerprint density at radius 3 is 2.87 bits per heavy atom. The van der Waals surface area contributed by atoms with Crippen molar-refractivity contribution in [1.82, 2.24) is 24.5 Å². The molecule has 0 saturated heterocycles. The molecule has 0 aliphatic heterocycles. The summed E-state index contributed by atoms with van der Waals surface area (Å²) in [5, 5.41) is 13.0. The molecule has 0 radical (unpaired) electrons. The molecule has 7 nitrogen and oxygen atoms in total. The highest BCUT2D eigenvalue weighted by molar-refractivity contribution is 7.09. The highest BCUT2D eigenvalue weighted by atomic mass is 32.1. The van der Waals surface area contributed by atoms with E-state index in [1.54, 1.807) is 40.3 Å². The Labute approximate surface area is 175 Å². The molecule has 1 N–H and O–H groups in total. The fourth-order valence-corrected chi connectivity index (χ4v) is 3.92. The lowest BCUT2D eigenvalue weighted by molar-refractivity contribution is -0.122. The topological polar surface area (TPSA) is 81.3 Å². The second-order valence-corrected chi connectivity index (χ2v) is 8.16. The molecule has 3 heterocycles. The normalized spacial score (nSPS) is 12.2. The monoisotopic (exact) mass is 425 g/mol. The number of rotatable bonds is 7. The van der Waals surface area contributed by atoms with E-state index in [2.05, 4.69) is 15.5 Å². The second-order valence-electron chi connectivity index (χ2n) is 7.13. The Hall–Kier alpha value is -3.33. The van der Waals surface area contributed by atoms with Crippen LogP contribution >= 0.6 is 11.3 Å². The summed E-state index contributed by atoms with van der Waals surface area (Å²) < 4.78 is 16.5. The Morgan fingerprint density at radius 1 is 1.23 bits per heavy atom. The SMILES string of the molecule is C[C@H](CC(=O)NCc1cccs1)Cc1nnc2c(=O)n(-c3cccc(F)c3)ccn12. The van der Waals surface area contributed by atoms with Gasteiger partial charge in [-0.2, -0.15) is 0 Å². The van der Waals surface area contributed by atoms with Gasteiger partial charge < -0.3 is 5.32 Å². The summed E-state index contributed by atoms with van der Waals surface area (Å²) in [6, 6.07) is 9.73. The quantitative estimate of drug-likeness (QED) is 0.494. The van der Waals surface area contributed by atoms with Crippen molar-refractivity contribution < 1.29 is 9.18 Å². The van der Waals surface area contributed by atoms with Crippen LogP contribution in [0, 0.1) is 11.7 Å². The number of benzene rings is 1. The minimum Gasteiger partial charge on any atom is -0.351 e. The third-order valence-electron chi connectivity index (χ3n) is 4.73. The molecule has 1 amide bonds. The Kier molecular flexibility index (Phi) is 5.71. The predicted octanol–water partition coefficient (Wildman–Crippen LogP) is 2.97. The number of thiophene rings is 1. The molecule has 0 fully saturated rings. The standard InChI is InChI=1S/C21H20FN5O2S/c1-14(11-19(28)23-13-17-6-3-9-30-17)10-18-24-25-20-21(29)26(7-8-27(18)20)16-5-2-4-15(22)12-16/h2-9,12,14H,10-11,13H2,1H3,(H,23,28)/t14-/m0/s1. The molecule has 0 aliphatic carbocycles. The van der Waals surface area contributed by atoms with Crippen LogP contribution in [0.3, 0.4) is 0 Å². The van der Waals surface area contributed by atoms with E-state index >= 15 is 0 Å². The van der Waals surface area contributed by atoms with Gasteiger partial charge >= 0.3 is 5.56 Å². The number of hydrogen-bond acceptors (Lipinski definition) is 5. The van der Waals surface area contributed by atoms with E-state index in [0.717, 1.165) is 4.88 Å². The molecular formula is C21H20FN5O2S. The van der Waals surface area contributed by atoms with Crippen LogP contribution in [0.5, 0.6) is 0 Å². The number of hydrogen-bond donors (Lipinski definition) is 1. The first kappa shape index (κ1) is 20.0. The molecule has 154 valence electrons. The number of amides is 1. The third kappa shape index (κ3) is 4.30. The van der Waals surface area contributed by atoms with Crippen LogP contribution in [0.2, 0.25) is 0 Å². The van der Waals surface area contributed by atoms with Crippen LogP contribution in [0.4, 0.5) is 4.39 Å². The van der Waals surface area contributed by atoms with E-state index in [1.807, 2.05) is 24.4 Å². The van der Waals surface area contributed by atoms with Crippen LogP contribution in [-0.2, 0) is 17.8 Å². The lowest BCUT2D eigenvalue weighted by Crippen LogP contribution is -2.25. The molecule has 30 heavy (non-hydrogen) atoms. The first-order chi connectivity index (χ1) is 14.5. The van der Waals surface area contributed by atoms with Gasteiger partial charge in [0, 0.05) is 30.1 Å². The van der Waals surface area contributed by atoms with E-state index in [-0.39, 0.29) is 23.0 Å². The number of carbonyl (C=O) groups is 1. The molecule has 1 aromatic carbocycles. The molecule has 3 aromatic heterocycles. The van der Waals surface area contributed by atoms with E-state index in [9.17, 15) is 14.0 Å². The van der Waals surface area contributed by atoms with Gasteiger partial charge in [0.2, 0.25) is 11.6 Å². The molecule has 0 saturated carbocycles. The summed E-state index contributed by atoms with van der Waals surface area (Å²) >= 11 is 1.60. The molecule has 0 bridgehead atoms. The lowest BCUT2D eigenvalue weighted by Gasteiger charge is -2.11. The number of carbonyl (C=O) groups excluding carboxylic acids is 1. The number of fused-ring (bicyclic) bond motifs is 1. The summed E-state index contributed by atoms with van der Waals surface area (Å²) in [6.45, 7) is 2.48. The van der Waals surface area contributed by atoms with Crippen LogP contribution in [-0.4, -0.2) is 25.1 Å². The summed E-state index contributed by atoms with van der Waals surface area (Å²) in [6.07, 6.45) is 4.09. The van der Waals surface area contributed by atoms with E-state index < -0.39 is 5.82 Å². The van der Waals surface area contributed by atoms with Gasteiger partial charge in [-0.25, -0.2) is 4.39 Å². The molecule has 9 heteroatoms. The molecule has 0 unspecified atom stereocenters. The van der Waals surface area contributed by atoms with Gasteiger partial charge in [0.05, 0.1) is 12.2 Å². The van der Waals surface area contributed by atoms with Crippen molar-refractivity contribution in [3.8, 4) is 5.69 Å². The van der Waals surface area contributed by atoms with E-state index in [1.165, 1.54) is 16.7 Å². The largest absolute Gasteiger partial charge is 0.351 e. The van der Waals surface area contributed by atoms with Crippen molar-refractivity contribution >= 4 is 22.9 Å². The molecule has 4 rings (SSSR count). The highest BCUT2D eigenvalue weighted by Crippen LogP contribution is 2.13. The van der Waals surface area contributed by atoms with Crippen molar-refractivity contribution in [3.63, 3.8) is 0 Å². The van der Waals surface area contributed by atoms with Gasteiger partial charge in [-0.1, -0.05) is 19.1 Å². The first-order valence-electron chi connectivity index (χ1n) is 9.51. The average Bonchev–Trinajstić information content (AvgIpc) is 3.37. The maximum absolute atomic E-state index is 13.5. The van der Waals surface area contributed by atoms with Crippen LogP contribution < -0.4 is 10.9 Å². The minimum absolute atomic E-state index is 0.0198. The zero-order valence-electron chi connectivity index (χ0n) is 16.3. The minimum atomic E-state index is -0.424. The average molecular weight is 425 g/mol. The van der Waals surface area contributed by atoms with Crippen LogP contribution in [0.1, 0.15) is 24.0 Å². The summed E-state index contributed by atoms with van der Waals surface area (Å²) in [5.41, 5.74) is 0.192. The van der Waals surface area contributed by atoms with E-state index in [4.69, 9.17) is 0 Å². The van der Waals surface area contributed by atoms with Crippen molar-refractivity contribution in [2.45, 2.75) is 26.3 Å². The van der Waals surface area contributed by atoms with Crippen molar-refractivity contribution in [2.75, 3.05) is 0 Å². The maximum atomic E-state index is 13.5. The number of nitrogens with zero attached hydrogens (tertiary/aromatic N) is 4. The molecule has 0 aliphatic rings. The zero-order valence-corrected chi connectivity index (χ0v) is 17.1. The highest BCUT2D eigenvalue weighted by Gasteiger charge is 2.16. The fraction of sp³-hybridized carbons (Fsp3) is 0.238. The summed E-state index contributed by atoms with van der Waals surface area (Å²) in [5.74, 6) is 0.171. The smallest absolute Gasteiger partial charge is 0.300 e. The molecule has 4 aromatic rings. The van der Waals surface area contributed by atoms with E-state index in [0.29, 0.717) is 30.9 Å². The van der Waals surface area contributed by atoms with Crippen molar-refractivity contribution in [1.29, 1.82) is 0 Å². The van der Waals surface area contributed by atoms with Crippen molar-refractivity contribution in [2.24, 2.45) is 5.92 Å². The maximum Gasteiger partial charge on any atom is 0.300 e. The van der Waals surface area contributed by atoms with Crippen LogP contribution in [0.25, 0.3) is 11.3 Å². The number of nitrogens with one attached hydrogen (secondary N) is 1. The Morgan fingerprint density at radius 2 is 2.10 bits per heavy atom. The lowest BCUT2D eigenvalue weighted by atomic mass is 10.0. The van der Waals surface area contributed by atoms with Gasteiger partial charge in [0.15, 0.2) is 0 Å². The van der Waals surface area contributed by atoms with Gasteiger partial charge in [-0.15, -0.1) is 21.5 Å². The van der Waals surface area contributed by atoms with Crippen molar-refractivity contribution in [3.05, 3.63) is 81.0 Å². The predicted molar refractivity (Wildman–Crippen MR) is 112 cm³/mol. The van der Waals surface area contributed by atoms with Crippen LogP contribution in [0.15, 0.2) is 59.0 Å². The second kappa shape index (κ2) is 8.58. The molecular weight excluding hydrogens is 405 g/mol.